The van der Waals surface area contributed by atoms with Crippen molar-refractivity contribution >= 4 is 11.6 Å². The molecule has 0 saturated carbocycles. The second-order valence-electron chi connectivity index (χ2n) is 2.96. The summed E-state index contributed by atoms with van der Waals surface area (Å²) in [5.41, 5.74) is 11.8. The predicted octanol–water partition coefficient (Wildman–Crippen LogP) is -0.666. The Morgan fingerprint density at radius 1 is 0.529 bits per heavy atom. The molecule has 0 aliphatic heterocycles. The molecular weight excluding hydrogens is 232 g/mol. The van der Waals surface area contributed by atoms with Gasteiger partial charge >= 0.3 is 0 Å². The van der Waals surface area contributed by atoms with Crippen LogP contribution in [0.15, 0.2) is 13.9 Å². The molecule has 17 heavy (non-hydrogen) atoms. The van der Waals surface area contributed by atoms with E-state index in [2.05, 4.69) is 44.8 Å². The van der Waals surface area contributed by atoms with Gasteiger partial charge in [-0.25, -0.2) is 13.9 Å². The van der Waals surface area contributed by atoms with Crippen LogP contribution in [0.3, 0.4) is 0 Å². The molecule has 0 spiro atoms. The molecule has 0 radical (unpaired) electrons. The van der Waals surface area contributed by atoms with Crippen LogP contribution in [-0.2, 0) is 0 Å². The monoisotopic (exact) mass is 236 g/mol. The van der Waals surface area contributed by atoms with Gasteiger partial charge in [0.2, 0.25) is 0 Å². The Balaban J connectivity index is 2.19. The number of anilines is 2. The average Bonchev–Trinajstić information content (AvgIpc) is 2.97. The average molecular weight is 236 g/mol. The van der Waals surface area contributed by atoms with Gasteiger partial charge in [-0.3, -0.25) is 0 Å². The normalized spacial score (nSPS) is 10.8. The largest absolute Gasteiger partial charge is 0.379 e. The topological polar surface area (TPSA) is 169 Å². The van der Waals surface area contributed by atoms with Gasteiger partial charge in [0.15, 0.2) is 34.4 Å². The minimum atomic E-state index is 0.0389. The highest BCUT2D eigenvalue weighted by molar-refractivity contribution is 5.81. The van der Waals surface area contributed by atoms with Crippen LogP contribution in [-0.4, -0.2) is 30.9 Å². The minimum absolute atomic E-state index is 0.0389. The van der Waals surface area contributed by atoms with Gasteiger partial charge in [0, 0.05) is 0 Å². The lowest BCUT2D eigenvalue weighted by Gasteiger charge is -1.90. The van der Waals surface area contributed by atoms with E-state index >= 15 is 0 Å². The zero-order valence-electron chi connectivity index (χ0n) is 8.06. The first-order chi connectivity index (χ1) is 8.27. The van der Waals surface area contributed by atoms with Gasteiger partial charge in [0.1, 0.15) is 0 Å². The van der Waals surface area contributed by atoms with Crippen LogP contribution >= 0.6 is 0 Å². The molecule has 0 atom stereocenters. The SMILES string of the molecule is Nc1nonc1-c1nonc1-c1nonc1N. The Kier molecular flexibility index (Phi) is 1.78. The molecule has 0 fully saturated rings. The third-order valence-corrected chi connectivity index (χ3v) is 1.96. The second kappa shape index (κ2) is 3.26. The lowest BCUT2D eigenvalue weighted by Crippen LogP contribution is -1.93. The van der Waals surface area contributed by atoms with Crippen molar-refractivity contribution in [2.45, 2.75) is 0 Å². The smallest absolute Gasteiger partial charge is 0.198 e. The third kappa shape index (κ3) is 1.29. The lowest BCUT2D eigenvalue weighted by molar-refractivity contribution is 0.302. The quantitative estimate of drug-likeness (QED) is 0.578. The molecule has 11 nitrogen and oxygen atoms in total. The summed E-state index contributed by atoms with van der Waals surface area (Å²) in [6.07, 6.45) is 0. The van der Waals surface area contributed by atoms with E-state index in [1.807, 2.05) is 0 Å². The van der Waals surface area contributed by atoms with E-state index in [4.69, 9.17) is 11.5 Å². The van der Waals surface area contributed by atoms with Crippen molar-refractivity contribution in [1.82, 2.24) is 30.9 Å². The van der Waals surface area contributed by atoms with E-state index in [9.17, 15) is 0 Å². The number of rotatable bonds is 2. The van der Waals surface area contributed by atoms with Gasteiger partial charge in [-0.1, -0.05) is 0 Å². The first-order valence-electron chi connectivity index (χ1n) is 4.26. The van der Waals surface area contributed by atoms with Gasteiger partial charge in [-0.2, -0.15) is 0 Å². The Morgan fingerprint density at radius 2 is 0.882 bits per heavy atom. The fourth-order valence-corrected chi connectivity index (χ4v) is 1.22. The second-order valence-corrected chi connectivity index (χ2v) is 2.96. The predicted molar refractivity (Wildman–Crippen MR) is 49.7 cm³/mol. The maximum Gasteiger partial charge on any atom is 0.198 e. The lowest BCUT2D eigenvalue weighted by atomic mass is 10.2. The fraction of sp³-hybridized carbons (Fsp3) is 0. The number of nitrogens with two attached hydrogens (primary N) is 2. The highest BCUT2D eigenvalue weighted by Crippen LogP contribution is 2.31. The van der Waals surface area contributed by atoms with Gasteiger partial charge in [0.05, 0.1) is 0 Å². The number of hydrogen-bond donors (Lipinski definition) is 2. The van der Waals surface area contributed by atoms with Crippen LogP contribution in [0.25, 0.3) is 22.8 Å². The van der Waals surface area contributed by atoms with E-state index in [0.29, 0.717) is 0 Å². The minimum Gasteiger partial charge on any atom is -0.379 e. The number of nitrogens with zero attached hydrogens (tertiary/aromatic N) is 6. The molecule has 3 aromatic rings. The summed E-state index contributed by atoms with van der Waals surface area (Å²) in [7, 11) is 0. The van der Waals surface area contributed by atoms with Crippen molar-refractivity contribution < 1.29 is 13.9 Å². The molecular formula is C6H4N8O3. The van der Waals surface area contributed by atoms with Crippen molar-refractivity contribution in [3.8, 4) is 22.8 Å². The summed E-state index contributed by atoms with van der Waals surface area (Å²) in [6, 6.07) is 0. The Bertz CT molecular complexity index is 599. The first-order valence-corrected chi connectivity index (χ1v) is 4.26. The number of nitrogen functional groups attached to an aromatic ring is 2. The van der Waals surface area contributed by atoms with Crippen molar-refractivity contribution in [1.29, 1.82) is 0 Å². The van der Waals surface area contributed by atoms with Crippen LogP contribution in [0, 0.1) is 0 Å². The van der Waals surface area contributed by atoms with Crippen LogP contribution in [0.4, 0.5) is 11.6 Å². The van der Waals surface area contributed by atoms with Gasteiger partial charge in [-0.15, -0.1) is 0 Å². The fourth-order valence-electron chi connectivity index (χ4n) is 1.22. The van der Waals surface area contributed by atoms with E-state index in [1.165, 1.54) is 0 Å². The Morgan fingerprint density at radius 3 is 1.24 bits per heavy atom. The molecule has 3 aromatic heterocycles. The molecule has 0 unspecified atom stereocenters. The molecule has 3 rings (SSSR count). The van der Waals surface area contributed by atoms with Crippen LogP contribution in [0.5, 0.6) is 0 Å². The highest BCUT2D eigenvalue weighted by Gasteiger charge is 2.25. The molecule has 0 saturated heterocycles. The molecule has 4 N–H and O–H groups in total. The van der Waals surface area contributed by atoms with E-state index in [0.717, 1.165) is 0 Å². The van der Waals surface area contributed by atoms with E-state index in [1.54, 1.807) is 0 Å². The van der Waals surface area contributed by atoms with Crippen LogP contribution in [0.1, 0.15) is 0 Å². The van der Waals surface area contributed by atoms with Crippen molar-refractivity contribution in [3.63, 3.8) is 0 Å². The summed E-state index contributed by atoms with van der Waals surface area (Å²) in [5.74, 6) is 0.0777. The molecule has 0 aromatic carbocycles. The maximum atomic E-state index is 5.52. The molecule has 3 heterocycles. The first kappa shape index (κ1) is 9.26. The standard InChI is InChI=1S/C6H4N8O3/c7-5-3(11-16-13-5)1-2(10-15-9-1)4-6(8)14-17-12-4/h(H2,7,13)(H2,8,14). The van der Waals surface area contributed by atoms with E-state index < -0.39 is 0 Å². The Hall–Kier alpha value is -2.98. The van der Waals surface area contributed by atoms with Gasteiger partial charge in [-0.05, 0) is 30.9 Å². The highest BCUT2D eigenvalue weighted by atomic mass is 16.6. The number of aromatic nitrogens is 6. The zero-order chi connectivity index (χ0) is 11.8. The van der Waals surface area contributed by atoms with Gasteiger partial charge in [0.25, 0.3) is 0 Å². The summed E-state index contributed by atoms with van der Waals surface area (Å²) in [6.45, 7) is 0. The molecule has 0 aliphatic rings. The van der Waals surface area contributed by atoms with Crippen LogP contribution < -0.4 is 11.5 Å². The molecule has 11 heteroatoms. The molecule has 0 aliphatic carbocycles. The molecule has 0 amide bonds. The van der Waals surface area contributed by atoms with E-state index in [-0.39, 0.29) is 34.4 Å². The van der Waals surface area contributed by atoms with Crippen molar-refractivity contribution in [2.24, 2.45) is 0 Å². The molecule has 86 valence electrons. The summed E-state index contributed by atoms with van der Waals surface area (Å²) in [4.78, 5) is 0. The summed E-state index contributed by atoms with van der Waals surface area (Å²) in [5, 5.41) is 21.2. The molecule has 0 bridgehead atoms. The Labute approximate surface area is 91.6 Å². The summed E-state index contributed by atoms with van der Waals surface area (Å²) < 4.78 is 13.5. The number of hydrogen-bond acceptors (Lipinski definition) is 11. The zero-order valence-corrected chi connectivity index (χ0v) is 8.06. The van der Waals surface area contributed by atoms with Crippen molar-refractivity contribution in [2.75, 3.05) is 11.5 Å². The van der Waals surface area contributed by atoms with Crippen LogP contribution in [0.2, 0.25) is 0 Å². The van der Waals surface area contributed by atoms with Gasteiger partial charge < -0.3 is 11.5 Å². The van der Waals surface area contributed by atoms with Crippen molar-refractivity contribution in [3.05, 3.63) is 0 Å². The maximum absolute atomic E-state index is 5.52. The third-order valence-electron chi connectivity index (χ3n) is 1.96. The summed E-state index contributed by atoms with van der Waals surface area (Å²) >= 11 is 0.